The normalized spacial score (nSPS) is 14.4. The molecule has 236 valence electrons. The molecule has 0 saturated carbocycles. The summed E-state index contributed by atoms with van der Waals surface area (Å²) >= 11 is 11.9. The smallest absolute Gasteiger partial charge is 0.338 e. The Labute approximate surface area is 286 Å². The Hall–Kier alpha value is -3.82. The van der Waals surface area contributed by atoms with Crippen molar-refractivity contribution in [2.24, 2.45) is 5.10 Å². The van der Waals surface area contributed by atoms with Crippen molar-refractivity contribution in [1.29, 1.82) is 0 Å². The van der Waals surface area contributed by atoms with Gasteiger partial charge in [0.25, 0.3) is 5.91 Å². The number of hydrazone groups is 1. The second kappa shape index (κ2) is 16.0. The number of methoxy groups -OCH3 is 1. The summed E-state index contributed by atoms with van der Waals surface area (Å²) in [4.78, 5) is 37.4. The quantitative estimate of drug-likeness (QED) is 0.0882. The molecule has 0 unspecified atom stereocenters. The Balaban J connectivity index is 1.42. The minimum Gasteiger partial charge on any atom is -0.493 e. The maximum absolute atomic E-state index is 12.6. The Bertz CT molecular complexity index is 1670. The maximum atomic E-state index is 12.6. The molecule has 0 bridgehead atoms. The van der Waals surface area contributed by atoms with Gasteiger partial charge in [0, 0.05) is 26.3 Å². The van der Waals surface area contributed by atoms with Gasteiger partial charge < -0.3 is 29.6 Å². The molecule has 0 fully saturated rings. The number of benzene rings is 3. The summed E-state index contributed by atoms with van der Waals surface area (Å²) in [6.45, 7) is 3.39. The molecule has 1 aliphatic rings. The van der Waals surface area contributed by atoms with Gasteiger partial charge in [-0.2, -0.15) is 5.10 Å². The van der Waals surface area contributed by atoms with E-state index in [4.69, 9.17) is 30.5 Å². The molecule has 0 radical (unpaired) electrons. The zero-order chi connectivity index (χ0) is 32.5. The molecule has 14 heteroatoms. The highest BCUT2D eigenvalue weighted by atomic mass is 127. The number of esters is 1. The van der Waals surface area contributed by atoms with Crippen LogP contribution >= 0.6 is 50.1 Å². The van der Waals surface area contributed by atoms with Crippen LogP contribution < -0.4 is 30.3 Å². The van der Waals surface area contributed by atoms with Crippen LogP contribution in [0.25, 0.3) is 0 Å². The molecule has 3 N–H and O–H groups in total. The first-order chi connectivity index (χ1) is 21.6. The molecule has 45 heavy (non-hydrogen) atoms. The van der Waals surface area contributed by atoms with Gasteiger partial charge in [-0.3, -0.25) is 4.79 Å². The van der Waals surface area contributed by atoms with E-state index >= 15 is 0 Å². The standard InChI is InChI=1S/C31H29BrClIN4O7/c1-4-43-30(40)27-17(2)36-31(41)37-28(27)18-9-10-24(25(12-18)42-3)44-16-26(39)38-35-14-20-11-21(32)13-23(34)29(20)45-15-19-7-5-6-8-22(19)33/h5-14,28H,4,15-16H2,1-3H3,(H,38,39)(H2,36,37,41)/b35-14+/t28-/m1/s1. The molecule has 0 aliphatic carbocycles. The number of carbonyl (C=O) groups excluding carboxylic acids is 3. The molecule has 0 spiro atoms. The molecular formula is C31H29BrClIN4O7. The van der Waals surface area contributed by atoms with Crippen molar-refractivity contribution < 1.29 is 33.3 Å². The van der Waals surface area contributed by atoms with Crippen LogP contribution in [0.5, 0.6) is 17.2 Å². The highest BCUT2D eigenvalue weighted by molar-refractivity contribution is 14.1. The van der Waals surface area contributed by atoms with Crippen molar-refractivity contribution >= 4 is 74.2 Å². The average Bonchev–Trinajstić information content (AvgIpc) is 3.00. The van der Waals surface area contributed by atoms with Gasteiger partial charge in [-0.05, 0) is 72.3 Å². The predicted octanol–water partition coefficient (Wildman–Crippen LogP) is 6.01. The highest BCUT2D eigenvalue weighted by Gasteiger charge is 2.32. The lowest BCUT2D eigenvalue weighted by molar-refractivity contribution is -0.139. The first-order valence-corrected chi connectivity index (χ1v) is 15.8. The molecule has 11 nitrogen and oxygen atoms in total. The van der Waals surface area contributed by atoms with E-state index in [1.54, 1.807) is 38.1 Å². The maximum Gasteiger partial charge on any atom is 0.338 e. The molecule has 3 aromatic carbocycles. The van der Waals surface area contributed by atoms with Crippen molar-refractivity contribution in [3.63, 3.8) is 0 Å². The second-order valence-corrected chi connectivity index (χ2v) is 12.0. The number of hydrogen-bond acceptors (Lipinski definition) is 8. The van der Waals surface area contributed by atoms with Gasteiger partial charge in [0.1, 0.15) is 12.4 Å². The zero-order valence-corrected chi connectivity index (χ0v) is 28.9. The van der Waals surface area contributed by atoms with Gasteiger partial charge in [-0.15, -0.1) is 0 Å². The van der Waals surface area contributed by atoms with Crippen LogP contribution in [0.4, 0.5) is 4.79 Å². The molecule has 1 aliphatic heterocycles. The summed E-state index contributed by atoms with van der Waals surface area (Å²) in [6.07, 6.45) is 1.48. The number of carbonyl (C=O) groups is 3. The van der Waals surface area contributed by atoms with Crippen molar-refractivity contribution in [2.75, 3.05) is 20.3 Å². The SMILES string of the molecule is CCOC(=O)C1=C(C)NC(=O)N[C@@H]1c1ccc(OCC(=O)N/N=C/c2cc(Br)cc(I)c2OCc2ccccc2Cl)c(OC)c1. The van der Waals surface area contributed by atoms with E-state index in [0.29, 0.717) is 33.3 Å². The second-order valence-electron chi connectivity index (χ2n) is 9.47. The molecule has 3 aromatic rings. The number of allylic oxidation sites excluding steroid dienone is 1. The first-order valence-electron chi connectivity index (χ1n) is 13.5. The van der Waals surface area contributed by atoms with Crippen LogP contribution in [-0.4, -0.2) is 44.4 Å². The Kier molecular flexibility index (Phi) is 12.1. The molecule has 0 aromatic heterocycles. The predicted molar refractivity (Wildman–Crippen MR) is 181 cm³/mol. The van der Waals surface area contributed by atoms with Crippen LogP contribution in [0.2, 0.25) is 5.02 Å². The number of amides is 3. The topological polar surface area (TPSA) is 137 Å². The highest BCUT2D eigenvalue weighted by Crippen LogP contribution is 2.35. The fraction of sp³-hybridized carbons (Fsp3) is 0.226. The summed E-state index contributed by atoms with van der Waals surface area (Å²) in [7, 11) is 1.44. The average molecular weight is 812 g/mol. The van der Waals surface area contributed by atoms with E-state index in [9.17, 15) is 14.4 Å². The minimum atomic E-state index is -0.780. The summed E-state index contributed by atoms with van der Waals surface area (Å²) < 4.78 is 24.1. The largest absolute Gasteiger partial charge is 0.493 e. The van der Waals surface area contributed by atoms with Crippen molar-refractivity contribution in [3.05, 3.63) is 95.6 Å². The molecule has 1 atom stereocenters. The van der Waals surface area contributed by atoms with E-state index in [1.165, 1.54) is 13.3 Å². The van der Waals surface area contributed by atoms with Crippen molar-refractivity contribution in [2.45, 2.75) is 26.5 Å². The number of ether oxygens (including phenoxy) is 4. The number of rotatable bonds is 12. The number of nitrogens with zero attached hydrogens (tertiary/aromatic N) is 1. The Morgan fingerprint density at radius 3 is 2.64 bits per heavy atom. The molecule has 4 rings (SSSR count). The van der Waals surface area contributed by atoms with Gasteiger partial charge in [0.15, 0.2) is 18.1 Å². The zero-order valence-electron chi connectivity index (χ0n) is 24.4. The van der Waals surface area contributed by atoms with Gasteiger partial charge in [-0.1, -0.05) is 51.8 Å². The van der Waals surface area contributed by atoms with Crippen LogP contribution in [0.1, 0.15) is 36.6 Å². The number of nitrogens with one attached hydrogen (secondary N) is 3. The third kappa shape index (κ3) is 8.89. The van der Waals surface area contributed by atoms with Gasteiger partial charge in [-0.25, -0.2) is 15.0 Å². The van der Waals surface area contributed by atoms with E-state index in [-0.39, 0.29) is 31.1 Å². The number of hydrogen-bond donors (Lipinski definition) is 3. The fourth-order valence-electron chi connectivity index (χ4n) is 4.35. The number of urea groups is 1. The minimum absolute atomic E-state index is 0.180. The summed E-state index contributed by atoms with van der Waals surface area (Å²) in [5, 5.41) is 10.0. The third-order valence-corrected chi connectivity index (χ3v) is 8.03. The van der Waals surface area contributed by atoms with Crippen LogP contribution in [-0.2, 0) is 20.9 Å². The Morgan fingerprint density at radius 1 is 1.13 bits per heavy atom. The van der Waals surface area contributed by atoms with E-state index in [1.807, 2.05) is 30.3 Å². The lowest BCUT2D eigenvalue weighted by Crippen LogP contribution is -2.45. The monoisotopic (exact) mass is 810 g/mol. The summed E-state index contributed by atoms with van der Waals surface area (Å²) in [6, 6.07) is 14.8. The van der Waals surface area contributed by atoms with Crippen LogP contribution in [0.3, 0.4) is 0 Å². The lowest BCUT2D eigenvalue weighted by atomic mass is 9.95. The molecule has 1 heterocycles. The molecule has 0 saturated heterocycles. The molecule has 3 amide bonds. The van der Waals surface area contributed by atoms with Gasteiger partial charge >= 0.3 is 12.0 Å². The van der Waals surface area contributed by atoms with Crippen LogP contribution in [0.15, 0.2) is 75.4 Å². The third-order valence-electron chi connectivity index (χ3n) is 6.40. The van der Waals surface area contributed by atoms with E-state index in [0.717, 1.165) is 13.6 Å². The van der Waals surface area contributed by atoms with Crippen LogP contribution in [0, 0.1) is 3.57 Å². The molecular weight excluding hydrogens is 783 g/mol. The van der Waals surface area contributed by atoms with E-state index < -0.39 is 23.9 Å². The van der Waals surface area contributed by atoms with Gasteiger partial charge in [0.05, 0.1) is 35.1 Å². The summed E-state index contributed by atoms with van der Waals surface area (Å²) in [5.41, 5.74) is 5.13. The van der Waals surface area contributed by atoms with E-state index in [2.05, 4.69) is 59.7 Å². The van der Waals surface area contributed by atoms with Gasteiger partial charge in [0.2, 0.25) is 0 Å². The fourth-order valence-corrected chi connectivity index (χ4v) is 6.25. The van der Waals surface area contributed by atoms with Crippen molar-refractivity contribution in [3.8, 4) is 17.2 Å². The summed E-state index contributed by atoms with van der Waals surface area (Å²) in [5.74, 6) is 0.0754. The van der Waals surface area contributed by atoms with Crippen molar-refractivity contribution in [1.82, 2.24) is 16.1 Å². The number of halogens is 3. The Morgan fingerprint density at radius 2 is 1.91 bits per heavy atom. The first kappa shape index (κ1) is 34.1. The lowest BCUT2D eigenvalue weighted by Gasteiger charge is -2.28.